The van der Waals surface area contributed by atoms with E-state index in [-0.39, 0.29) is 0 Å². The minimum atomic E-state index is -0.769. The van der Waals surface area contributed by atoms with Crippen molar-refractivity contribution in [2.45, 2.75) is 39.7 Å². The number of rotatable bonds is 5. The summed E-state index contributed by atoms with van der Waals surface area (Å²) in [5.41, 5.74) is 1.04. The van der Waals surface area contributed by atoms with Crippen LogP contribution in [-0.4, -0.2) is 25.7 Å². The Bertz CT molecular complexity index is 481. The first-order chi connectivity index (χ1) is 9.51. The fraction of sp³-hybridized carbons (Fsp3) is 0.533. The van der Waals surface area contributed by atoms with Crippen molar-refractivity contribution >= 4 is 11.8 Å². The number of carbonyl (C=O) groups is 1. The molecule has 5 nitrogen and oxygen atoms in total. The Morgan fingerprint density at radius 3 is 2.40 bits per heavy atom. The standard InChI is InChI=1S/C15H21NO4/c1-5-18-14(19-6-2)16-12-10-8-7-9-11(12)15(3,4)20-13(16)17/h7-10,14H,5-6H2,1-4H3. The van der Waals surface area contributed by atoms with Crippen LogP contribution in [0.1, 0.15) is 33.3 Å². The summed E-state index contributed by atoms with van der Waals surface area (Å²) in [6, 6.07) is 7.63. The molecule has 1 aromatic rings. The van der Waals surface area contributed by atoms with Gasteiger partial charge in [0, 0.05) is 18.8 Å². The lowest BCUT2D eigenvalue weighted by Crippen LogP contribution is -2.50. The highest BCUT2D eigenvalue weighted by Crippen LogP contribution is 2.39. The molecule has 2 rings (SSSR count). The van der Waals surface area contributed by atoms with Gasteiger partial charge in [-0.3, -0.25) is 0 Å². The number of hydrogen-bond donors (Lipinski definition) is 0. The predicted molar refractivity (Wildman–Crippen MR) is 75.5 cm³/mol. The fourth-order valence-corrected chi connectivity index (χ4v) is 2.30. The number of ether oxygens (including phenoxy) is 3. The van der Waals surface area contributed by atoms with E-state index >= 15 is 0 Å². The minimum absolute atomic E-state index is 0.444. The number of nitrogens with zero attached hydrogens (tertiary/aromatic N) is 1. The van der Waals surface area contributed by atoms with Gasteiger partial charge in [-0.1, -0.05) is 18.2 Å². The maximum atomic E-state index is 12.3. The molecule has 0 aliphatic carbocycles. The summed E-state index contributed by atoms with van der Waals surface area (Å²) in [5, 5.41) is 0. The highest BCUT2D eigenvalue weighted by Gasteiger charge is 2.41. The summed E-state index contributed by atoms with van der Waals surface area (Å²) in [5.74, 6) is 0. The normalized spacial score (nSPS) is 17.1. The van der Waals surface area contributed by atoms with E-state index in [1.165, 1.54) is 4.90 Å². The highest BCUT2D eigenvalue weighted by molar-refractivity contribution is 5.91. The molecule has 0 radical (unpaired) electrons. The average Bonchev–Trinajstić information content (AvgIpc) is 2.38. The third-order valence-electron chi connectivity index (χ3n) is 3.18. The van der Waals surface area contributed by atoms with E-state index in [0.29, 0.717) is 13.2 Å². The van der Waals surface area contributed by atoms with E-state index in [4.69, 9.17) is 14.2 Å². The Balaban J connectivity index is 2.44. The van der Waals surface area contributed by atoms with E-state index in [9.17, 15) is 4.79 Å². The van der Waals surface area contributed by atoms with Crippen molar-refractivity contribution in [1.29, 1.82) is 0 Å². The monoisotopic (exact) mass is 279 g/mol. The third-order valence-corrected chi connectivity index (χ3v) is 3.18. The van der Waals surface area contributed by atoms with E-state index in [1.807, 2.05) is 52.0 Å². The van der Waals surface area contributed by atoms with Crippen LogP contribution >= 0.6 is 0 Å². The SMILES string of the molecule is CCOC(OCC)N1C(=O)OC(C)(C)c2ccccc21. The number of amides is 1. The Morgan fingerprint density at radius 2 is 1.80 bits per heavy atom. The maximum Gasteiger partial charge on any atom is 0.419 e. The smallest absolute Gasteiger partial charge is 0.419 e. The van der Waals surface area contributed by atoms with Gasteiger partial charge in [-0.2, -0.15) is 0 Å². The summed E-state index contributed by atoms with van der Waals surface area (Å²) in [6.45, 7) is 8.35. The number of carbonyl (C=O) groups excluding carboxylic acids is 1. The van der Waals surface area contributed by atoms with Crippen molar-refractivity contribution < 1.29 is 19.0 Å². The molecule has 0 saturated carbocycles. The molecule has 110 valence electrons. The number of fused-ring (bicyclic) bond motifs is 1. The quantitative estimate of drug-likeness (QED) is 0.776. The van der Waals surface area contributed by atoms with E-state index in [1.54, 1.807) is 0 Å². The van der Waals surface area contributed by atoms with Crippen molar-refractivity contribution in [2.75, 3.05) is 18.1 Å². The number of para-hydroxylation sites is 1. The molecule has 0 bridgehead atoms. The zero-order valence-electron chi connectivity index (χ0n) is 12.4. The molecule has 20 heavy (non-hydrogen) atoms. The van der Waals surface area contributed by atoms with Crippen molar-refractivity contribution in [3.05, 3.63) is 29.8 Å². The molecule has 0 fully saturated rings. The van der Waals surface area contributed by atoms with Crippen LogP contribution in [0, 0.1) is 0 Å². The zero-order valence-corrected chi connectivity index (χ0v) is 12.4. The number of benzene rings is 1. The van der Waals surface area contributed by atoms with Gasteiger partial charge in [0.25, 0.3) is 0 Å². The first-order valence-corrected chi connectivity index (χ1v) is 6.86. The highest BCUT2D eigenvalue weighted by atomic mass is 16.7. The Labute approximate surface area is 119 Å². The summed E-state index contributed by atoms with van der Waals surface area (Å²) < 4.78 is 16.6. The molecule has 1 aliphatic heterocycles. The van der Waals surface area contributed by atoms with Crippen molar-refractivity contribution in [1.82, 2.24) is 0 Å². The molecule has 0 spiro atoms. The van der Waals surface area contributed by atoms with Gasteiger partial charge in [-0.15, -0.1) is 0 Å². The molecule has 0 N–H and O–H groups in total. The Kier molecular flexibility index (Phi) is 4.30. The molecule has 1 heterocycles. The van der Waals surface area contributed by atoms with Gasteiger partial charge in [0.15, 0.2) is 0 Å². The lowest BCUT2D eigenvalue weighted by atomic mass is 9.94. The van der Waals surface area contributed by atoms with Crippen LogP contribution in [-0.2, 0) is 19.8 Å². The first kappa shape index (κ1) is 14.8. The second-order valence-electron chi connectivity index (χ2n) is 4.98. The molecule has 0 saturated heterocycles. The summed E-state index contributed by atoms with van der Waals surface area (Å²) in [7, 11) is 0. The van der Waals surface area contributed by atoms with Crippen LogP contribution in [0.3, 0.4) is 0 Å². The van der Waals surface area contributed by atoms with Gasteiger partial charge >= 0.3 is 6.09 Å². The van der Waals surface area contributed by atoms with E-state index < -0.39 is 18.1 Å². The molecule has 0 atom stereocenters. The molecule has 1 aromatic carbocycles. The van der Waals surface area contributed by atoms with Gasteiger partial charge in [0.05, 0.1) is 5.69 Å². The zero-order chi connectivity index (χ0) is 14.8. The molecule has 0 unspecified atom stereocenters. The van der Waals surface area contributed by atoms with Crippen LogP contribution in [0.25, 0.3) is 0 Å². The molecule has 1 aliphatic rings. The van der Waals surface area contributed by atoms with Crippen molar-refractivity contribution in [3.63, 3.8) is 0 Å². The summed E-state index contributed by atoms with van der Waals surface area (Å²) >= 11 is 0. The van der Waals surface area contributed by atoms with Gasteiger partial charge in [0.1, 0.15) is 5.60 Å². The second-order valence-corrected chi connectivity index (χ2v) is 4.98. The van der Waals surface area contributed by atoms with Crippen molar-refractivity contribution in [3.8, 4) is 0 Å². The van der Waals surface area contributed by atoms with Gasteiger partial charge in [-0.25, -0.2) is 9.69 Å². The Hall–Kier alpha value is -1.59. The van der Waals surface area contributed by atoms with E-state index in [0.717, 1.165) is 11.3 Å². The molecule has 0 aromatic heterocycles. The van der Waals surface area contributed by atoms with Gasteiger partial charge < -0.3 is 14.2 Å². The number of cyclic esters (lactones) is 1. The molecular weight excluding hydrogens is 258 g/mol. The van der Waals surface area contributed by atoms with Crippen molar-refractivity contribution in [2.24, 2.45) is 0 Å². The molecule has 1 amide bonds. The topological polar surface area (TPSA) is 48.0 Å². The molecule has 5 heteroatoms. The van der Waals surface area contributed by atoms with E-state index in [2.05, 4.69) is 0 Å². The van der Waals surface area contributed by atoms with Gasteiger partial charge in [-0.05, 0) is 33.8 Å². The maximum absolute atomic E-state index is 12.3. The first-order valence-electron chi connectivity index (χ1n) is 6.86. The summed E-state index contributed by atoms with van der Waals surface area (Å²) in [4.78, 5) is 13.7. The second kappa shape index (κ2) is 5.81. The van der Waals surface area contributed by atoms with Crippen LogP contribution in [0.4, 0.5) is 10.5 Å². The van der Waals surface area contributed by atoms with Crippen LogP contribution in [0.2, 0.25) is 0 Å². The number of hydrogen-bond acceptors (Lipinski definition) is 4. The number of anilines is 1. The fourth-order valence-electron chi connectivity index (χ4n) is 2.30. The van der Waals surface area contributed by atoms with Crippen LogP contribution in [0.5, 0.6) is 0 Å². The van der Waals surface area contributed by atoms with Gasteiger partial charge in [0.2, 0.25) is 6.41 Å². The molecular formula is C15H21NO4. The summed E-state index contributed by atoms with van der Waals surface area (Å²) in [6.07, 6.45) is -1.23. The predicted octanol–water partition coefficient (Wildman–Crippen LogP) is 3.23. The lowest BCUT2D eigenvalue weighted by Gasteiger charge is -2.40. The lowest BCUT2D eigenvalue weighted by molar-refractivity contribution is -0.137. The largest absolute Gasteiger partial charge is 0.438 e. The third kappa shape index (κ3) is 2.64. The Morgan fingerprint density at radius 1 is 1.20 bits per heavy atom. The average molecular weight is 279 g/mol. The minimum Gasteiger partial charge on any atom is -0.438 e. The van der Waals surface area contributed by atoms with Crippen LogP contribution < -0.4 is 4.90 Å². The van der Waals surface area contributed by atoms with Crippen LogP contribution in [0.15, 0.2) is 24.3 Å².